The van der Waals surface area contributed by atoms with Crippen LogP contribution in [0.25, 0.3) is 0 Å². The lowest BCUT2D eigenvalue weighted by molar-refractivity contribution is 0.208. The van der Waals surface area contributed by atoms with Gasteiger partial charge in [-0.05, 0) is 47.7 Å². The van der Waals surface area contributed by atoms with Gasteiger partial charge in [-0.1, -0.05) is 15.9 Å². The molecule has 0 aliphatic rings. The molecule has 0 fully saturated rings. The maximum absolute atomic E-state index is 9.10. The molecule has 0 aliphatic heterocycles. The Kier molecular flexibility index (Phi) is 4.48. The Morgan fingerprint density at radius 2 is 2.31 bits per heavy atom. The van der Waals surface area contributed by atoms with Gasteiger partial charge in [-0.25, -0.2) is 0 Å². The molecule has 72 valence electrons. The van der Waals surface area contributed by atoms with Crippen LogP contribution in [0.4, 0.5) is 5.69 Å². The van der Waals surface area contributed by atoms with Crippen LogP contribution in [0.15, 0.2) is 22.7 Å². The molecule has 0 heterocycles. The highest BCUT2D eigenvalue weighted by molar-refractivity contribution is 14.1. The number of aliphatic hydroxyl groups is 1. The molecule has 0 aromatic heterocycles. The predicted molar refractivity (Wildman–Crippen MR) is 67.0 cm³/mol. The summed E-state index contributed by atoms with van der Waals surface area (Å²) >= 11 is 5.66. The van der Waals surface area contributed by atoms with Crippen molar-refractivity contribution in [1.29, 1.82) is 0 Å². The first kappa shape index (κ1) is 11.3. The Hall–Kier alpha value is 0.190. The zero-order valence-electron chi connectivity index (χ0n) is 7.22. The summed E-state index contributed by atoms with van der Waals surface area (Å²) in [4.78, 5) is 0. The van der Waals surface area contributed by atoms with Crippen molar-refractivity contribution in [3.8, 4) is 0 Å². The standard InChI is InChI=1S/C9H11BrINO/c1-6(13)5-12-9-4-7(10)2-3-8(9)11/h2-4,6,12-13H,5H2,1H3. The average Bonchev–Trinajstić information content (AvgIpc) is 2.06. The lowest BCUT2D eigenvalue weighted by Gasteiger charge is -2.10. The van der Waals surface area contributed by atoms with Crippen molar-refractivity contribution in [2.45, 2.75) is 13.0 Å². The van der Waals surface area contributed by atoms with Gasteiger partial charge in [-0.2, -0.15) is 0 Å². The third-order valence-electron chi connectivity index (χ3n) is 1.52. The number of aliphatic hydroxyl groups excluding tert-OH is 1. The maximum atomic E-state index is 9.10. The maximum Gasteiger partial charge on any atom is 0.0684 e. The van der Waals surface area contributed by atoms with Gasteiger partial charge in [-0.15, -0.1) is 0 Å². The van der Waals surface area contributed by atoms with Crippen molar-refractivity contribution in [3.63, 3.8) is 0 Å². The molecule has 1 aromatic carbocycles. The third kappa shape index (κ3) is 3.83. The van der Waals surface area contributed by atoms with Gasteiger partial charge in [0.15, 0.2) is 0 Å². The second-order valence-corrected chi connectivity index (χ2v) is 4.93. The fourth-order valence-corrected chi connectivity index (χ4v) is 1.78. The molecule has 1 aromatic rings. The number of hydrogen-bond donors (Lipinski definition) is 2. The van der Waals surface area contributed by atoms with Crippen molar-refractivity contribution in [2.75, 3.05) is 11.9 Å². The number of hydrogen-bond acceptors (Lipinski definition) is 2. The first-order valence-electron chi connectivity index (χ1n) is 3.96. The van der Waals surface area contributed by atoms with Crippen LogP contribution in [-0.2, 0) is 0 Å². The molecule has 0 bridgehead atoms. The molecule has 0 saturated heterocycles. The molecule has 0 radical (unpaired) electrons. The zero-order valence-corrected chi connectivity index (χ0v) is 11.0. The Bertz CT molecular complexity index is 291. The number of anilines is 1. The molecule has 13 heavy (non-hydrogen) atoms. The van der Waals surface area contributed by atoms with Crippen LogP contribution in [-0.4, -0.2) is 17.8 Å². The molecule has 1 rings (SSSR count). The van der Waals surface area contributed by atoms with E-state index in [1.165, 1.54) is 0 Å². The molecule has 0 saturated carbocycles. The average molecular weight is 356 g/mol. The zero-order chi connectivity index (χ0) is 9.84. The van der Waals surface area contributed by atoms with Gasteiger partial charge < -0.3 is 10.4 Å². The largest absolute Gasteiger partial charge is 0.392 e. The van der Waals surface area contributed by atoms with Gasteiger partial charge in [0.05, 0.1) is 6.10 Å². The van der Waals surface area contributed by atoms with Gasteiger partial charge in [0.1, 0.15) is 0 Å². The highest BCUT2D eigenvalue weighted by Gasteiger charge is 2.01. The van der Waals surface area contributed by atoms with Crippen LogP contribution in [0.2, 0.25) is 0 Å². The molecule has 1 atom stereocenters. The number of halogens is 2. The summed E-state index contributed by atoms with van der Waals surface area (Å²) in [6, 6.07) is 6.02. The molecule has 1 unspecified atom stereocenters. The summed E-state index contributed by atoms with van der Waals surface area (Å²) in [5, 5.41) is 12.3. The van der Waals surface area contributed by atoms with E-state index in [9.17, 15) is 0 Å². The van der Waals surface area contributed by atoms with Crippen LogP contribution in [0, 0.1) is 3.57 Å². The van der Waals surface area contributed by atoms with Gasteiger partial charge >= 0.3 is 0 Å². The molecule has 0 aliphatic carbocycles. The molecule has 0 spiro atoms. The van der Waals surface area contributed by atoms with E-state index in [4.69, 9.17) is 5.11 Å². The van der Waals surface area contributed by atoms with Crippen LogP contribution in [0.1, 0.15) is 6.92 Å². The van der Waals surface area contributed by atoms with Crippen LogP contribution in [0.3, 0.4) is 0 Å². The Labute approximate surface area is 100.0 Å². The topological polar surface area (TPSA) is 32.3 Å². The van der Waals surface area contributed by atoms with E-state index in [0.717, 1.165) is 13.7 Å². The van der Waals surface area contributed by atoms with E-state index in [1.54, 1.807) is 6.92 Å². The van der Waals surface area contributed by atoms with Crippen molar-refractivity contribution in [1.82, 2.24) is 0 Å². The van der Waals surface area contributed by atoms with Crippen LogP contribution in [0.5, 0.6) is 0 Å². The summed E-state index contributed by atoms with van der Waals surface area (Å²) in [6.07, 6.45) is -0.324. The molecular formula is C9H11BrINO. The molecule has 0 amide bonds. The first-order valence-corrected chi connectivity index (χ1v) is 5.84. The van der Waals surface area contributed by atoms with Gasteiger partial charge in [0.2, 0.25) is 0 Å². The summed E-state index contributed by atoms with van der Waals surface area (Å²) < 4.78 is 2.20. The third-order valence-corrected chi connectivity index (χ3v) is 2.95. The Balaban J connectivity index is 2.70. The molecule has 2 nitrogen and oxygen atoms in total. The van der Waals surface area contributed by atoms with Crippen molar-refractivity contribution < 1.29 is 5.11 Å². The fraction of sp³-hybridized carbons (Fsp3) is 0.333. The monoisotopic (exact) mass is 355 g/mol. The summed E-state index contributed by atoms with van der Waals surface area (Å²) in [7, 11) is 0. The smallest absolute Gasteiger partial charge is 0.0684 e. The second kappa shape index (κ2) is 5.17. The highest BCUT2D eigenvalue weighted by atomic mass is 127. The normalized spacial score (nSPS) is 12.6. The van der Waals surface area contributed by atoms with E-state index in [1.807, 2.05) is 18.2 Å². The lowest BCUT2D eigenvalue weighted by atomic mass is 10.3. The van der Waals surface area contributed by atoms with E-state index >= 15 is 0 Å². The summed E-state index contributed by atoms with van der Waals surface area (Å²) in [5.74, 6) is 0. The Morgan fingerprint density at radius 3 is 2.92 bits per heavy atom. The molecule has 2 N–H and O–H groups in total. The van der Waals surface area contributed by atoms with Crippen molar-refractivity contribution >= 4 is 44.2 Å². The lowest BCUT2D eigenvalue weighted by Crippen LogP contribution is -2.15. The number of nitrogens with one attached hydrogen (secondary N) is 1. The van der Waals surface area contributed by atoms with E-state index < -0.39 is 0 Å². The summed E-state index contributed by atoms with van der Waals surface area (Å²) in [6.45, 7) is 2.34. The van der Waals surface area contributed by atoms with E-state index in [0.29, 0.717) is 6.54 Å². The van der Waals surface area contributed by atoms with Gasteiger partial charge in [0, 0.05) is 20.3 Å². The van der Waals surface area contributed by atoms with E-state index in [2.05, 4.69) is 43.8 Å². The predicted octanol–water partition coefficient (Wildman–Crippen LogP) is 2.85. The van der Waals surface area contributed by atoms with Crippen LogP contribution < -0.4 is 5.32 Å². The van der Waals surface area contributed by atoms with Gasteiger partial charge in [0.25, 0.3) is 0 Å². The van der Waals surface area contributed by atoms with Crippen molar-refractivity contribution in [3.05, 3.63) is 26.2 Å². The minimum Gasteiger partial charge on any atom is -0.392 e. The van der Waals surface area contributed by atoms with E-state index in [-0.39, 0.29) is 6.10 Å². The minimum absolute atomic E-state index is 0.324. The fourth-order valence-electron chi connectivity index (χ4n) is 0.891. The Morgan fingerprint density at radius 1 is 1.62 bits per heavy atom. The minimum atomic E-state index is -0.324. The van der Waals surface area contributed by atoms with Crippen LogP contribution >= 0.6 is 38.5 Å². The highest BCUT2D eigenvalue weighted by Crippen LogP contribution is 2.22. The molecular weight excluding hydrogens is 345 g/mol. The molecule has 4 heteroatoms. The summed E-state index contributed by atoms with van der Waals surface area (Å²) in [5.41, 5.74) is 1.05. The van der Waals surface area contributed by atoms with Gasteiger partial charge in [-0.3, -0.25) is 0 Å². The van der Waals surface area contributed by atoms with Crippen molar-refractivity contribution in [2.24, 2.45) is 0 Å². The SMILES string of the molecule is CC(O)CNc1cc(Br)ccc1I. The quantitative estimate of drug-likeness (QED) is 0.817. The number of benzene rings is 1. The second-order valence-electron chi connectivity index (χ2n) is 2.85. The first-order chi connectivity index (χ1) is 6.09. The number of rotatable bonds is 3.